The number of hydrogen-bond donors (Lipinski definition) is 1. The van der Waals surface area contributed by atoms with E-state index in [1.807, 2.05) is 24.3 Å². The molecule has 0 fully saturated rings. The Labute approximate surface area is 99.5 Å². The maximum Gasteiger partial charge on any atom is 0.331 e. The van der Waals surface area contributed by atoms with Crippen LogP contribution in [0.25, 0.3) is 0 Å². The Bertz CT molecular complexity index is 439. The molecule has 1 heterocycles. The fraction of sp³-hybridized carbons (Fsp3) is 0.308. The van der Waals surface area contributed by atoms with Crippen LogP contribution < -0.4 is 4.74 Å². The predicted octanol–water partition coefficient (Wildman–Crippen LogP) is 1.08. The van der Waals surface area contributed by atoms with Crippen LogP contribution in [0, 0.1) is 0 Å². The van der Waals surface area contributed by atoms with Crippen molar-refractivity contribution in [3.63, 3.8) is 0 Å². The smallest absolute Gasteiger partial charge is 0.331 e. The quantitative estimate of drug-likeness (QED) is 0.792. The molecule has 4 heteroatoms. The van der Waals surface area contributed by atoms with Crippen LogP contribution in [0.3, 0.4) is 0 Å². The van der Waals surface area contributed by atoms with Gasteiger partial charge in [-0.15, -0.1) is 0 Å². The molecule has 0 bridgehead atoms. The largest absolute Gasteiger partial charge is 0.496 e. The second-order valence-electron chi connectivity index (χ2n) is 3.84. The van der Waals surface area contributed by atoms with E-state index >= 15 is 0 Å². The maximum absolute atomic E-state index is 10.9. The Kier molecular flexibility index (Phi) is 3.44. The van der Waals surface area contributed by atoms with E-state index in [1.54, 1.807) is 13.2 Å². The first-order chi connectivity index (χ1) is 8.20. The van der Waals surface area contributed by atoms with Gasteiger partial charge in [-0.2, -0.15) is 0 Å². The first-order valence-corrected chi connectivity index (χ1v) is 5.39. The molecule has 0 aromatic heterocycles. The fourth-order valence-corrected chi connectivity index (χ4v) is 1.81. The lowest BCUT2D eigenvalue weighted by Crippen LogP contribution is -2.27. The molecule has 17 heavy (non-hydrogen) atoms. The molecule has 0 saturated heterocycles. The fourth-order valence-electron chi connectivity index (χ4n) is 1.81. The van der Waals surface area contributed by atoms with Crippen molar-refractivity contribution in [2.45, 2.75) is 18.6 Å². The van der Waals surface area contributed by atoms with Gasteiger partial charge < -0.3 is 14.6 Å². The average Bonchev–Trinajstić information content (AvgIpc) is 2.77. The van der Waals surface area contributed by atoms with E-state index in [-0.39, 0.29) is 0 Å². The van der Waals surface area contributed by atoms with Crippen LogP contribution in [-0.4, -0.2) is 30.4 Å². The molecule has 0 amide bonds. The second kappa shape index (κ2) is 5.01. The summed E-state index contributed by atoms with van der Waals surface area (Å²) >= 11 is 0. The highest BCUT2D eigenvalue weighted by Gasteiger charge is 2.25. The van der Waals surface area contributed by atoms with Crippen LogP contribution >= 0.6 is 0 Å². The minimum atomic E-state index is -0.756. The monoisotopic (exact) mass is 234 g/mol. The number of cyclic esters (lactones) is 1. The molecule has 2 atom stereocenters. The van der Waals surface area contributed by atoms with Crippen LogP contribution in [-0.2, 0) is 16.0 Å². The first kappa shape index (κ1) is 11.7. The minimum absolute atomic E-state index is 0.381. The predicted molar refractivity (Wildman–Crippen MR) is 61.7 cm³/mol. The summed E-state index contributed by atoms with van der Waals surface area (Å²) < 4.78 is 10.1. The van der Waals surface area contributed by atoms with Crippen molar-refractivity contribution < 1.29 is 19.4 Å². The highest BCUT2D eigenvalue weighted by Crippen LogP contribution is 2.21. The van der Waals surface area contributed by atoms with Gasteiger partial charge in [0, 0.05) is 12.5 Å². The van der Waals surface area contributed by atoms with Crippen molar-refractivity contribution in [2.75, 3.05) is 7.11 Å². The van der Waals surface area contributed by atoms with E-state index in [4.69, 9.17) is 9.47 Å². The average molecular weight is 234 g/mol. The minimum Gasteiger partial charge on any atom is -0.496 e. The number of esters is 1. The maximum atomic E-state index is 10.9. The van der Waals surface area contributed by atoms with Gasteiger partial charge in [-0.25, -0.2) is 4.79 Å². The summed E-state index contributed by atoms with van der Waals surface area (Å²) in [7, 11) is 1.58. The molecule has 1 aliphatic rings. The van der Waals surface area contributed by atoms with Gasteiger partial charge in [-0.05, 0) is 17.7 Å². The Morgan fingerprint density at radius 3 is 2.88 bits per heavy atom. The molecule has 2 rings (SSSR count). The lowest BCUT2D eigenvalue weighted by molar-refractivity contribution is -0.142. The van der Waals surface area contributed by atoms with Crippen LogP contribution in [0.1, 0.15) is 5.56 Å². The molecular formula is C13H14O4. The number of aliphatic hydroxyl groups is 1. The first-order valence-electron chi connectivity index (χ1n) is 5.39. The van der Waals surface area contributed by atoms with Gasteiger partial charge in [0.1, 0.15) is 11.9 Å². The second-order valence-corrected chi connectivity index (χ2v) is 3.84. The van der Waals surface area contributed by atoms with E-state index in [0.717, 1.165) is 11.3 Å². The highest BCUT2D eigenvalue weighted by atomic mass is 16.6. The van der Waals surface area contributed by atoms with Crippen molar-refractivity contribution in [1.29, 1.82) is 0 Å². The Morgan fingerprint density at radius 1 is 1.47 bits per heavy atom. The zero-order chi connectivity index (χ0) is 12.3. The SMILES string of the molecule is COc1ccccc1C[C@H](O)[C@@H]1C=CC(=O)O1. The van der Waals surface area contributed by atoms with Crippen molar-refractivity contribution in [1.82, 2.24) is 0 Å². The molecule has 1 N–H and O–H groups in total. The van der Waals surface area contributed by atoms with Crippen LogP contribution in [0.15, 0.2) is 36.4 Å². The number of ether oxygens (including phenoxy) is 2. The van der Waals surface area contributed by atoms with Crippen molar-refractivity contribution in [2.24, 2.45) is 0 Å². The van der Waals surface area contributed by atoms with Gasteiger partial charge in [0.15, 0.2) is 0 Å². The zero-order valence-corrected chi connectivity index (χ0v) is 9.50. The zero-order valence-electron chi connectivity index (χ0n) is 9.50. The lowest BCUT2D eigenvalue weighted by Gasteiger charge is -2.17. The topological polar surface area (TPSA) is 55.8 Å². The number of para-hydroxylation sites is 1. The Balaban J connectivity index is 2.05. The molecule has 4 nitrogen and oxygen atoms in total. The Morgan fingerprint density at radius 2 is 2.24 bits per heavy atom. The molecule has 0 unspecified atom stereocenters. The number of carbonyl (C=O) groups excluding carboxylic acids is 1. The van der Waals surface area contributed by atoms with E-state index in [2.05, 4.69) is 0 Å². The number of rotatable bonds is 4. The van der Waals surface area contributed by atoms with Gasteiger partial charge in [0.05, 0.1) is 13.2 Å². The van der Waals surface area contributed by atoms with Gasteiger partial charge in [0.2, 0.25) is 0 Å². The van der Waals surface area contributed by atoms with Gasteiger partial charge >= 0.3 is 5.97 Å². The summed E-state index contributed by atoms with van der Waals surface area (Å²) in [5.41, 5.74) is 0.888. The van der Waals surface area contributed by atoms with Crippen LogP contribution in [0.2, 0.25) is 0 Å². The number of carbonyl (C=O) groups is 1. The molecule has 1 aromatic rings. The number of aliphatic hydroxyl groups excluding tert-OH is 1. The van der Waals surface area contributed by atoms with Crippen molar-refractivity contribution in [3.8, 4) is 5.75 Å². The van der Waals surface area contributed by atoms with Gasteiger partial charge in [0.25, 0.3) is 0 Å². The molecule has 0 aliphatic carbocycles. The summed E-state index contributed by atoms with van der Waals surface area (Å²) in [6.07, 6.45) is 1.96. The summed E-state index contributed by atoms with van der Waals surface area (Å²) in [5, 5.41) is 9.96. The van der Waals surface area contributed by atoms with E-state index in [9.17, 15) is 9.90 Å². The molecule has 0 saturated carbocycles. The van der Waals surface area contributed by atoms with Crippen LogP contribution in [0.4, 0.5) is 0 Å². The van der Waals surface area contributed by atoms with Crippen molar-refractivity contribution in [3.05, 3.63) is 42.0 Å². The summed E-state index contributed by atoms with van der Waals surface area (Å²) in [6.45, 7) is 0. The molecule has 1 aromatic carbocycles. The van der Waals surface area contributed by atoms with Gasteiger partial charge in [-0.1, -0.05) is 18.2 Å². The molecule has 90 valence electrons. The highest BCUT2D eigenvalue weighted by molar-refractivity contribution is 5.84. The van der Waals surface area contributed by atoms with Gasteiger partial charge in [-0.3, -0.25) is 0 Å². The van der Waals surface area contributed by atoms with Crippen molar-refractivity contribution >= 4 is 5.97 Å². The summed E-state index contributed by atoms with van der Waals surface area (Å²) in [6, 6.07) is 7.45. The van der Waals surface area contributed by atoms with E-state index < -0.39 is 18.2 Å². The molecule has 0 radical (unpaired) electrons. The molecular weight excluding hydrogens is 220 g/mol. The number of hydrogen-bond acceptors (Lipinski definition) is 4. The number of benzene rings is 1. The third kappa shape index (κ3) is 2.65. The van der Waals surface area contributed by atoms with Crippen LogP contribution in [0.5, 0.6) is 5.75 Å². The normalized spacial score (nSPS) is 20.1. The third-order valence-electron chi connectivity index (χ3n) is 2.68. The molecule has 1 aliphatic heterocycles. The van der Waals surface area contributed by atoms with E-state index in [0.29, 0.717) is 6.42 Å². The summed E-state index contributed by atoms with van der Waals surface area (Å²) in [4.78, 5) is 10.9. The standard InChI is InChI=1S/C13H14O4/c1-16-11-5-3-2-4-9(11)8-10(14)12-6-7-13(15)17-12/h2-7,10,12,14H,8H2,1H3/t10-,12-/m0/s1. The molecule has 0 spiro atoms. The number of methoxy groups -OCH3 is 1. The Hall–Kier alpha value is -1.81. The lowest BCUT2D eigenvalue weighted by atomic mass is 10.0. The third-order valence-corrected chi connectivity index (χ3v) is 2.68. The summed E-state index contributed by atoms with van der Waals surface area (Å²) in [5.74, 6) is 0.314. The van der Waals surface area contributed by atoms with E-state index in [1.165, 1.54) is 6.08 Å².